The van der Waals surface area contributed by atoms with E-state index in [1.165, 1.54) is 0 Å². The summed E-state index contributed by atoms with van der Waals surface area (Å²) >= 11 is 0. The van der Waals surface area contributed by atoms with E-state index in [9.17, 15) is 4.79 Å². The number of morpholine rings is 1. The highest BCUT2D eigenvalue weighted by Gasteiger charge is 2.39. The highest BCUT2D eigenvalue weighted by atomic mass is 16.5. The summed E-state index contributed by atoms with van der Waals surface area (Å²) < 4.78 is 5.64. The lowest BCUT2D eigenvalue weighted by Crippen LogP contribution is -2.55. The van der Waals surface area contributed by atoms with Crippen molar-refractivity contribution in [2.75, 3.05) is 20.3 Å². The molecule has 2 atom stereocenters. The quantitative estimate of drug-likeness (QED) is 0.799. The Kier molecular flexibility index (Phi) is 3.43. The molecule has 0 saturated carbocycles. The topological polar surface area (TPSA) is 42.4 Å². The maximum Gasteiger partial charge on any atom is 0.166 e. The second kappa shape index (κ2) is 5.45. The van der Waals surface area contributed by atoms with Crippen molar-refractivity contribution in [3.05, 3.63) is 42.2 Å². The van der Waals surface area contributed by atoms with Gasteiger partial charge in [-0.25, -0.2) is 0 Å². The predicted molar refractivity (Wildman–Crippen MR) is 85.0 cm³/mol. The van der Waals surface area contributed by atoms with Crippen LogP contribution in [0.4, 0.5) is 0 Å². The number of hydrogen-bond donors (Lipinski definition) is 0. The van der Waals surface area contributed by atoms with Crippen molar-refractivity contribution in [3.63, 3.8) is 0 Å². The Hall–Kier alpha value is -1.78. The van der Waals surface area contributed by atoms with Gasteiger partial charge >= 0.3 is 0 Å². The molecule has 0 N–H and O–H groups in total. The fourth-order valence-electron chi connectivity index (χ4n) is 3.78. The van der Waals surface area contributed by atoms with Gasteiger partial charge in [0.05, 0.1) is 13.2 Å². The van der Waals surface area contributed by atoms with E-state index in [-0.39, 0.29) is 11.7 Å². The summed E-state index contributed by atoms with van der Waals surface area (Å²) in [5.41, 5.74) is 0.826. The number of rotatable bonds is 2. The van der Waals surface area contributed by atoms with Crippen molar-refractivity contribution in [2.24, 2.45) is 5.92 Å². The maximum absolute atomic E-state index is 12.9. The lowest BCUT2D eigenvalue weighted by molar-refractivity contribution is -0.0702. The zero-order chi connectivity index (χ0) is 15.1. The summed E-state index contributed by atoms with van der Waals surface area (Å²) in [6.45, 7) is 1.50. The van der Waals surface area contributed by atoms with E-state index in [1.54, 1.807) is 6.20 Å². The molecular weight excluding hydrogens is 276 g/mol. The third-order valence-corrected chi connectivity index (χ3v) is 5.18. The van der Waals surface area contributed by atoms with Gasteiger partial charge in [0.1, 0.15) is 0 Å². The Morgan fingerprint density at radius 2 is 1.95 bits per heavy atom. The van der Waals surface area contributed by atoms with Crippen LogP contribution in [-0.2, 0) is 4.74 Å². The molecule has 2 fully saturated rings. The number of piperidine rings is 1. The van der Waals surface area contributed by atoms with Gasteiger partial charge in [0.25, 0.3) is 0 Å². The average Bonchev–Trinajstić information content (AvgIpc) is 2.53. The van der Waals surface area contributed by atoms with Crippen LogP contribution in [0, 0.1) is 5.92 Å². The normalized spacial score (nSPS) is 28.7. The third-order valence-electron chi connectivity index (χ3n) is 5.18. The Bertz CT molecular complexity index is 701. The summed E-state index contributed by atoms with van der Waals surface area (Å²) in [7, 11) is 2.15. The minimum atomic E-state index is 0.120. The van der Waals surface area contributed by atoms with Crippen LogP contribution in [0.3, 0.4) is 0 Å². The number of likely N-dealkylation sites (N-methyl/N-ethyl adjacent to an activating group) is 1. The average molecular weight is 296 g/mol. The lowest BCUT2D eigenvalue weighted by atomic mass is 9.81. The fraction of sp³-hybridized carbons (Fsp3) is 0.444. The van der Waals surface area contributed by atoms with Crippen LogP contribution in [-0.4, -0.2) is 48.0 Å². The molecule has 2 unspecified atom stereocenters. The first kappa shape index (κ1) is 13.9. The van der Waals surface area contributed by atoms with E-state index in [2.05, 4.69) is 16.9 Å². The molecule has 2 aliphatic rings. The number of carbonyl (C=O) groups is 1. The van der Waals surface area contributed by atoms with Gasteiger partial charge in [0, 0.05) is 41.3 Å². The predicted octanol–water partition coefficient (Wildman–Crippen LogP) is 2.53. The van der Waals surface area contributed by atoms with E-state index in [0.29, 0.717) is 12.1 Å². The molecule has 2 bridgehead atoms. The first-order valence-electron chi connectivity index (χ1n) is 7.90. The van der Waals surface area contributed by atoms with E-state index in [0.717, 1.165) is 42.4 Å². The lowest BCUT2D eigenvalue weighted by Gasteiger charge is -2.46. The first-order chi connectivity index (χ1) is 10.7. The zero-order valence-corrected chi connectivity index (χ0v) is 12.7. The second-order valence-electron chi connectivity index (χ2n) is 6.48. The van der Waals surface area contributed by atoms with Gasteiger partial charge in [0.15, 0.2) is 5.78 Å². The number of benzene rings is 1. The van der Waals surface area contributed by atoms with Gasteiger partial charge in [-0.15, -0.1) is 0 Å². The molecule has 4 heteroatoms. The summed E-state index contributed by atoms with van der Waals surface area (Å²) in [4.78, 5) is 19.4. The number of Topliss-reactive ketones (excluding diaryl/α,β-unsaturated/α-hetero) is 1. The number of ether oxygens (including phenoxy) is 1. The van der Waals surface area contributed by atoms with Gasteiger partial charge < -0.3 is 4.74 Å². The van der Waals surface area contributed by atoms with Crippen LogP contribution in [0.25, 0.3) is 10.8 Å². The van der Waals surface area contributed by atoms with Crippen molar-refractivity contribution < 1.29 is 9.53 Å². The van der Waals surface area contributed by atoms with Gasteiger partial charge in [-0.2, -0.15) is 0 Å². The van der Waals surface area contributed by atoms with Crippen LogP contribution in [0.1, 0.15) is 23.2 Å². The van der Waals surface area contributed by atoms with Crippen LogP contribution in [0.15, 0.2) is 36.7 Å². The van der Waals surface area contributed by atoms with E-state index in [4.69, 9.17) is 4.74 Å². The van der Waals surface area contributed by atoms with Crippen molar-refractivity contribution in [1.82, 2.24) is 9.88 Å². The number of pyridine rings is 1. The molecule has 114 valence electrons. The summed E-state index contributed by atoms with van der Waals surface area (Å²) in [5.74, 6) is 0.401. The van der Waals surface area contributed by atoms with Gasteiger partial charge in [0.2, 0.25) is 0 Å². The molecule has 4 rings (SSSR count). The third kappa shape index (κ3) is 2.32. The fourth-order valence-corrected chi connectivity index (χ4v) is 3.78. The Labute approximate surface area is 130 Å². The number of ketones is 1. The number of carbonyl (C=O) groups excluding carboxylic acids is 1. The Morgan fingerprint density at radius 1 is 1.18 bits per heavy atom. The first-order valence-corrected chi connectivity index (χ1v) is 7.90. The van der Waals surface area contributed by atoms with Gasteiger partial charge in [-0.05, 0) is 37.4 Å². The number of aromatic nitrogens is 1. The number of hydrogen-bond acceptors (Lipinski definition) is 4. The smallest absolute Gasteiger partial charge is 0.166 e. The van der Waals surface area contributed by atoms with Crippen molar-refractivity contribution in [1.29, 1.82) is 0 Å². The minimum absolute atomic E-state index is 0.120. The molecule has 2 saturated heterocycles. The van der Waals surface area contributed by atoms with E-state index >= 15 is 0 Å². The SMILES string of the molecule is CN1C2COCC1CC(C(=O)c1ccc3cnccc3c1)C2. The minimum Gasteiger partial charge on any atom is -0.378 e. The molecule has 22 heavy (non-hydrogen) atoms. The molecule has 0 amide bonds. The number of nitrogens with zero attached hydrogens (tertiary/aromatic N) is 2. The highest BCUT2D eigenvalue weighted by molar-refractivity contribution is 6.01. The van der Waals surface area contributed by atoms with Crippen LogP contribution >= 0.6 is 0 Å². The molecule has 0 radical (unpaired) electrons. The molecular formula is C18H20N2O2. The van der Waals surface area contributed by atoms with E-state index < -0.39 is 0 Å². The molecule has 1 aromatic heterocycles. The number of fused-ring (bicyclic) bond motifs is 3. The highest BCUT2D eigenvalue weighted by Crippen LogP contribution is 2.32. The molecule has 1 aromatic carbocycles. The summed E-state index contributed by atoms with van der Waals surface area (Å²) in [5, 5.41) is 2.16. The second-order valence-corrected chi connectivity index (χ2v) is 6.48. The van der Waals surface area contributed by atoms with Crippen molar-refractivity contribution in [2.45, 2.75) is 24.9 Å². The monoisotopic (exact) mass is 296 g/mol. The zero-order valence-electron chi connectivity index (χ0n) is 12.7. The van der Waals surface area contributed by atoms with Crippen LogP contribution in [0.5, 0.6) is 0 Å². The molecule has 0 spiro atoms. The Balaban J connectivity index is 1.60. The summed E-state index contributed by atoms with van der Waals surface area (Å²) in [6.07, 6.45) is 5.41. The standard InChI is InChI=1S/C18H20N2O2/c1-20-16-7-15(8-17(20)11-22-10-16)18(21)13-2-3-14-9-19-5-4-12(14)6-13/h2-6,9,15-17H,7-8,10-11H2,1H3. The van der Waals surface area contributed by atoms with Crippen LogP contribution < -0.4 is 0 Å². The molecule has 0 aliphatic carbocycles. The molecule has 2 aliphatic heterocycles. The Morgan fingerprint density at radius 3 is 2.73 bits per heavy atom. The molecule has 3 heterocycles. The van der Waals surface area contributed by atoms with Crippen molar-refractivity contribution in [3.8, 4) is 0 Å². The van der Waals surface area contributed by atoms with Gasteiger partial charge in [-0.3, -0.25) is 14.7 Å². The van der Waals surface area contributed by atoms with E-state index in [1.807, 2.05) is 30.5 Å². The maximum atomic E-state index is 12.9. The van der Waals surface area contributed by atoms with Crippen LogP contribution in [0.2, 0.25) is 0 Å². The molecule has 4 nitrogen and oxygen atoms in total. The van der Waals surface area contributed by atoms with Gasteiger partial charge in [-0.1, -0.05) is 12.1 Å². The molecule has 2 aromatic rings. The summed E-state index contributed by atoms with van der Waals surface area (Å²) in [6, 6.07) is 8.66. The largest absolute Gasteiger partial charge is 0.378 e. The van der Waals surface area contributed by atoms with Crippen molar-refractivity contribution >= 4 is 16.6 Å².